The minimum absolute atomic E-state index is 0.0145. The minimum atomic E-state index is -0.869. The van der Waals surface area contributed by atoms with Crippen molar-refractivity contribution < 1.29 is 19.0 Å². The number of ether oxygens (including phenoxy) is 1. The molecule has 0 heterocycles. The Morgan fingerprint density at radius 2 is 1.77 bits per heavy atom. The topological polar surface area (TPSA) is 58.6 Å². The Labute approximate surface area is 184 Å². The van der Waals surface area contributed by atoms with Gasteiger partial charge in [0.2, 0.25) is 0 Å². The number of benzene rings is 2. The third kappa shape index (κ3) is 6.54. The van der Waals surface area contributed by atoms with Crippen LogP contribution in [0.1, 0.15) is 58.4 Å². The van der Waals surface area contributed by atoms with Gasteiger partial charge in [-0.3, -0.25) is 4.79 Å². The quantitative estimate of drug-likeness (QED) is 0.504. The molecule has 0 spiro atoms. The molecule has 0 saturated heterocycles. The summed E-state index contributed by atoms with van der Waals surface area (Å²) in [5, 5.41) is 11.7. The summed E-state index contributed by atoms with van der Waals surface area (Å²) >= 11 is 0. The monoisotopic (exact) mass is 427 g/mol. The van der Waals surface area contributed by atoms with E-state index < -0.39 is 5.97 Å². The lowest BCUT2D eigenvalue weighted by Gasteiger charge is -2.36. The van der Waals surface area contributed by atoms with Crippen molar-refractivity contribution in [3.05, 3.63) is 53.8 Å². The first-order chi connectivity index (χ1) is 14.7. The molecule has 0 bridgehead atoms. The number of aliphatic carboxylic acids is 1. The standard InChI is InChI=1S/C26H34FNO3/c1-26(2,3)20-9-13-22(14-10-20)31-21-11-7-18(8-12-21)23-6-4-5-19(25(23)27)17-28-16-15-24(29)30/h4-8,11-12,20,22,28H,9-10,13-17H2,1-3H3,(H,29,30). The first kappa shape index (κ1) is 23.3. The average Bonchev–Trinajstić information content (AvgIpc) is 2.72. The van der Waals surface area contributed by atoms with E-state index in [0.29, 0.717) is 29.6 Å². The van der Waals surface area contributed by atoms with Crippen LogP contribution in [-0.2, 0) is 11.3 Å². The highest BCUT2D eigenvalue weighted by Crippen LogP contribution is 2.39. The van der Waals surface area contributed by atoms with E-state index in [2.05, 4.69) is 26.1 Å². The zero-order chi connectivity index (χ0) is 22.4. The van der Waals surface area contributed by atoms with E-state index in [-0.39, 0.29) is 18.3 Å². The van der Waals surface area contributed by atoms with Crippen molar-refractivity contribution in [2.45, 2.75) is 65.5 Å². The van der Waals surface area contributed by atoms with Crippen molar-refractivity contribution in [3.63, 3.8) is 0 Å². The predicted octanol–water partition coefficient (Wildman–Crippen LogP) is 6.04. The van der Waals surface area contributed by atoms with Crippen LogP contribution in [-0.4, -0.2) is 23.7 Å². The molecule has 31 heavy (non-hydrogen) atoms. The largest absolute Gasteiger partial charge is 0.490 e. The molecule has 168 valence electrons. The highest BCUT2D eigenvalue weighted by Gasteiger charge is 2.30. The third-order valence-electron chi connectivity index (χ3n) is 6.28. The Morgan fingerprint density at radius 1 is 1.10 bits per heavy atom. The van der Waals surface area contributed by atoms with Gasteiger partial charge in [-0.05, 0) is 54.7 Å². The van der Waals surface area contributed by atoms with Crippen LogP contribution in [0.4, 0.5) is 4.39 Å². The number of rotatable bonds is 8. The lowest BCUT2D eigenvalue weighted by molar-refractivity contribution is -0.136. The van der Waals surface area contributed by atoms with Crippen LogP contribution < -0.4 is 10.1 Å². The molecule has 1 aliphatic rings. The SMILES string of the molecule is CC(C)(C)C1CCC(Oc2ccc(-c3cccc(CNCCC(=O)O)c3F)cc2)CC1. The number of carboxylic acids is 1. The van der Waals surface area contributed by atoms with Gasteiger partial charge in [0.1, 0.15) is 11.6 Å². The van der Waals surface area contributed by atoms with Gasteiger partial charge in [-0.2, -0.15) is 0 Å². The summed E-state index contributed by atoms with van der Waals surface area (Å²) in [6.45, 7) is 7.56. The van der Waals surface area contributed by atoms with E-state index in [4.69, 9.17) is 9.84 Å². The van der Waals surface area contributed by atoms with E-state index in [1.54, 1.807) is 12.1 Å². The van der Waals surface area contributed by atoms with Crippen LogP contribution in [0.3, 0.4) is 0 Å². The van der Waals surface area contributed by atoms with Crippen LogP contribution in [0, 0.1) is 17.2 Å². The molecule has 2 aromatic carbocycles. The molecule has 0 radical (unpaired) electrons. The number of carbonyl (C=O) groups is 1. The van der Waals surface area contributed by atoms with Crippen molar-refractivity contribution >= 4 is 5.97 Å². The molecule has 0 unspecified atom stereocenters. The molecular formula is C26H34FNO3. The molecular weight excluding hydrogens is 393 g/mol. The molecule has 1 fully saturated rings. The van der Waals surface area contributed by atoms with Crippen molar-refractivity contribution in [2.75, 3.05) is 6.54 Å². The molecule has 1 aliphatic carbocycles. The van der Waals surface area contributed by atoms with Crippen LogP contribution in [0.2, 0.25) is 0 Å². The summed E-state index contributed by atoms with van der Waals surface area (Å²) in [4.78, 5) is 10.6. The predicted molar refractivity (Wildman–Crippen MR) is 122 cm³/mol. The van der Waals surface area contributed by atoms with E-state index in [1.165, 1.54) is 12.8 Å². The van der Waals surface area contributed by atoms with Gasteiger partial charge in [0.05, 0.1) is 12.5 Å². The second kappa shape index (κ2) is 10.3. The van der Waals surface area contributed by atoms with Gasteiger partial charge in [0.15, 0.2) is 0 Å². The van der Waals surface area contributed by atoms with Gasteiger partial charge in [0.25, 0.3) is 0 Å². The third-order valence-corrected chi connectivity index (χ3v) is 6.28. The summed E-state index contributed by atoms with van der Waals surface area (Å²) < 4.78 is 21.2. The molecule has 2 N–H and O–H groups in total. The highest BCUT2D eigenvalue weighted by molar-refractivity contribution is 5.67. The summed E-state index contributed by atoms with van der Waals surface area (Å²) in [5.74, 6) is 0.434. The van der Waals surface area contributed by atoms with Crippen molar-refractivity contribution in [1.29, 1.82) is 0 Å². The maximum atomic E-state index is 15.0. The molecule has 0 aromatic heterocycles. The van der Waals surface area contributed by atoms with Crippen molar-refractivity contribution in [3.8, 4) is 16.9 Å². The fraction of sp³-hybridized carbons (Fsp3) is 0.500. The second-order valence-electron chi connectivity index (χ2n) is 9.58. The summed E-state index contributed by atoms with van der Waals surface area (Å²) in [7, 11) is 0. The Bertz CT molecular complexity index is 865. The van der Waals surface area contributed by atoms with Crippen LogP contribution in [0.15, 0.2) is 42.5 Å². The maximum absolute atomic E-state index is 15.0. The molecule has 4 nitrogen and oxygen atoms in total. The Hall–Kier alpha value is -2.40. The number of hydrogen-bond donors (Lipinski definition) is 2. The van der Waals surface area contributed by atoms with E-state index in [1.807, 2.05) is 30.3 Å². The van der Waals surface area contributed by atoms with Gasteiger partial charge >= 0.3 is 5.97 Å². The maximum Gasteiger partial charge on any atom is 0.304 e. The van der Waals surface area contributed by atoms with Crippen LogP contribution in [0.25, 0.3) is 11.1 Å². The smallest absolute Gasteiger partial charge is 0.304 e. The molecule has 2 aromatic rings. The minimum Gasteiger partial charge on any atom is -0.490 e. The molecule has 0 aliphatic heterocycles. The first-order valence-corrected chi connectivity index (χ1v) is 11.2. The second-order valence-corrected chi connectivity index (χ2v) is 9.58. The molecule has 5 heteroatoms. The highest BCUT2D eigenvalue weighted by atomic mass is 19.1. The number of halogens is 1. The van der Waals surface area contributed by atoms with Gasteiger partial charge in [0, 0.05) is 24.2 Å². The fourth-order valence-electron chi connectivity index (χ4n) is 4.31. The number of nitrogens with one attached hydrogen (secondary N) is 1. The molecule has 1 saturated carbocycles. The van der Waals surface area contributed by atoms with Crippen LogP contribution >= 0.6 is 0 Å². The summed E-state index contributed by atoms with van der Waals surface area (Å²) in [5.41, 5.74) is 2.22. The van der Waals surface area contributed by atoms with E-state index in [0.717, 1.165) is 30.1 Å². The fourth-order valence-corrected chi connectivity index (χ4v) is 4.31. The first-order valence-electron chi connectivity index (χ1n) is 11.2. The Kier molecular flexibility index (Phi) is 7.71. The van der Waals surface area contributed by atoms with Crippen LogP contribution in [0.5, 0.6) is 5.75 Å². The van der Waals surface area contributed by atoms with Crippen molar-refractivity contribution in [2.24, 2.45) is 11.3 Å². The molecule has 0 amide bonds. The number of carboxylic acid groups (broad SMARTS) is 1. The van der Waals surface area contributed by atoms with E-state index >= 15 is 0 Å². The van der Waals surface area contributed by atoms with E-state index in [9.17, 15) is 9.18 Å². The summed E-state index contributed by atoms with van der Waals surface area (Å²) in [6.07, 6.45) is 4.82. The van der Waals surface area contributed by atoms with Gasteiger partial charge < -0.3 is 15.2 Å². The van der Waals surface area contributed by atoms with Gasteiger partial charge in [-0.25, -0.2) is 4.39 Å². The zero-order valence-corrected chi connectivity index (χ0v) is 18.8. The lowest BCUT2D eigenvalue weighted by atomic mass is 9.72. The average molecular weight is 428 g/mol. The summed E-state index contributed by atoms with van der Waals surface area (Å²) in [6, 6.07) is 12.9. The Balaban J connectivity index is 1.59. The molecule has 3 rings (SSSR count). The van der Waals surface area contributed by atoms with Gasteiger partial charge in [-0.1, -0.05) is 51.1 Å². The zero-order valence-electron chi connectivity index (χ0n) is 18.8. The van der Waals surface area contributed by atoms with Gasteiger partial charge in [-0.15, -0.1) is 0 Å². The number of hydrogen-bond acceptors (Lipinski definition) is 3. The molecule has 0 atom stereocenters. The normalized spacial score (nSPS) is 19.2. The van der Waals surface area contributed by atoms with Crippen molar-refractivity contribution in [1.82, 2.24) is 5.32 Å². The Morgan fingerprint density at radius 3 is 2.39 bits per heavy atom. The lowest BCUT2D eigenvalue weighted by Crippen LogP contribution is -2.30.